The maximum absolute atomic E-state index is 13.8. The number of nitrogens with zero attached hydrogens (tertiary/aromatic N) is 2. The van der Waals surface area contributed by atoms with Gasteiger partial charge in [0, 0.05) is 23.3 Å². The fourth-order valence-corrected chi connectivity index (χ4v) is 5.45. The molecule has 3 aromatic rings. The van der Waals surface area contributed by atoms with Gasteiger partial charge in [-0.2, -0.15) is 0 Å². The highest BCUT2D eigenvalue weighted by molar-refractivity contribution is 6.37. The zero-order valence-corrected chi connectivity index (χ0v) is 18.3. The van der Waals surface area contributed by atoms with Crippen LogP contribution in [0.3, 0.4) is 0 Å². The molecule has 3 atom stereocenters. The first-order valence-corrected chi connectivity index (χ1v) is 11.0. The number of imide groups is 1. The van der Waals surface area contributed by atoms with Crippen LogP contribution >= 0.6 is 0 Å². The number of nitro groups is 1. The highest BCUT2D eigenvalue weighted by Crippen LogP contribution is 2.57. The molecule has 36 heavy (non-hydrogen) atoms. The van der Waals surface area contributed by atoms with Crippen LogP contribution in [0.4, 0.5) is 15.8 Å². The van der Waals surface area contributed by atoms with E-state index < -0.39 is 57.7 Å². The molecule has 0 N–H and O–H groups in total. The molecule has 6 rings (SSSR count). The third-order valence-electron chi connectivity index (χ3n) is 7.04. The Bertz CT molecular complexity index is 1460. The van der Waals surface area contributed by atoms with Crippen LogP contribution < -0.4 is 4.90 Å². The molecule has 0 saturated carbocycles. The van der Waals surface area contributed by atoms with Gasteiger partial charge in [0.15, 0.2) is 0 Å². The summed E-state index contributed by atoms with van der Waals surface area (Å²) >= 11 is 0. The van der Waals surface area contributed by atoms with Crippen molar-refractivity contribution in [3.63, 3.8) is 0 Å². The number of ketones is 2. The Balaban J connectivity index is 1.51. The number of hydrogen-bond donors (Lipinski definition) is 0. The van der Waals surface area contributed by atoms with Crippen LogP contribution in [0.15, 0.2) is 72.8 Å². The Kier molecular flexibility index (Phi) is 4.55. The van der Waals surface area contributed by atoms with Crippen LogP contribution in [0.5, 0.6) is 0 Å². The number of Topliss-reactive ketones (excluding diaryl/α,β-unsaturated/α-hetero) is 2. The Morgan fingerprint density at radius 2 is 1.42 bits per heavy atom. The molecule has 0 aromatic heterocycles. The molecule has 9 nitrogen and oxygen atoms in total. The first-order valence-electron chi connectivity index (χ1n) is 11.0. The van der Waals surface area contributed by atoms with Gasteiger partial charge in [0.2, 0.25) is 29.0 Å². The van der Waals surface area contributed by atoms with Crippen molar-refractivity contribution in [2.24, 2.45) is 11.8 Å². The summed E-state index contributed by atoms with van der Waals surface area (Å²) in [4.78, 5) is 66.0. The van der Waals surface area contributed by atoms with Gasteiger partial charge in [0.1, 0.15) is 5.82 Å². The number of fused-ring (bicyclic) bond motifs is 3. The second kappa shape index (κ2) is 7.46. The normalized spacial score (nSPS) is 23.9. The third-order valence-corrected chi connectivity index (χ3v) is 7.04. The first kappa shape index (κ1) is 21.9. The number of non-ortho nitro benzene ring substituents is 1. The monoisotopic (exact) mass is 486 g/mol. The standard InChI is InChI=1S/C26H15FN2O7/c27-14-7-5-13(6-8-14)21-19-20(26(36-21)22(30)17-3-1-2-4-18(17)23(26)31)25(33)28(24(19)32)15-9-11-16(12-10-15)29(34)35/h1-12,19-21H/t19-,20-,21+/m1/s1. The number of carbonyl (C=O) groups is 4. The summed E-state index contributed by atoms with van der Waals surface area (Å²) in [6.07, 6.45) is -1.18. The molecule has 0 radical (unpaired) electrons. The van der Waals surface area contributed by atoms with E-state index in [1.54, 1.807) is 12.1 Å². The number of amides is 2. The quantitative estimate of drug-likeness (QED) is 0.240. The summed E-state index contributed by atoms with van der Waals surface area (Å²) in [6.45, 7) is 0. The van der Waals surface area contributed by atoms with Crippen LogP contribution in [-0.2, 0) is 14.3 Å². The fourth-order valence-electron chi connectivity index (χ4n) is 5.45. The molecule has 0 bridgehead atoms. The zero-order chi connectivity index (χ0) is 25.4. The van der Waals surface area contributed by atoms with Gasteiger partial charge in [-0.25, -0.2) is 9.29 Å². The van der Waals surface area contributed by atoms with Crippen molar-refractivity contribution in [2.45, 2.75) is 11.7 Å². The van der Waals surface area contributed by atoms with E-state index in [0.29, 0.717) is 5.56 Å². The highest BCUT2D eigenvalue weighted by atomic mass is 19.1. The van der Waals surface area contributed by atoms with E-state index in [1.165, 1.54) is 36.4 Å². The number of benzene rings is 3. The molecule has 0 unspecified atom stereocenters. The molecule has 2 aliphatic heterocycles. The average molecular weight is 486 g/mol. The van der Waals surface area contributed by atoms with E-state index in [-0.39, 0.29) is 22.5 Å². The lowest BCUT2D eigenvalue weighted by molar-refractivity contribution is -0.384. The second-order valence-corrected chi connectivity index (χ2v) is 8.82. The SMILES string of the molecule is O=C1[C@H]2[C@H](c3ccc(F)cc3)OC3(C(=O)c4ccccc4C3=O)[C@H]2C(=O)N1c1ccc([N+](=O)[O-])cc1. The summed E-state index contributed by atoms with van der Waals surface area (Å²) in [5, 5.41) is 11.0. The Morgan fingerprint density at radius 3 is 1.97 bits per heavy atom. The van der Waals surface area contributed by atoms with Crippen molar-refractivity contribution < 1.29 is 33.2 Å². The van der Waals surface area contributed by atoms with Gasteiger partial charge in [-0.3, -0.25) is 29.3 Å². The molecular formula is C26H15FN2O7. The molecule has 3 aromatic carbocycles. The van der Waals surface area contributed by atoms with Gasteiger partial charge in [-0.05, 0) is 29.8 Å². The van der Waals surface area contributed by atoms with E-state index in [9.17, 15) is 33.7 Å². The van der Waals surface area contributed by atoms with Gasteiger partial charge < -0.3 is 4.74 Å². The van der Waals surface area contributed by atoms with Gasteiger partial charge >= 0.3 is 0 Å². The first-order chi connectivity index (χ1) is 17.3. The lowest BCUT2D eigenvalue weighted by Crippen LogP contribution is -2.51. The molecule has 10 heteroatoms. The van der Waals surface area contributed by atoms with E-state index in [2.05, 4.69) is 0 Å². The molecular weight excluding hydrogens is 471 g/mol. The molecule has 2 heterocycles. The summed E-state index contributed by atoms with van der Waals surface area (Å²) in [5.74, 6) is -6.23. The number of anilines is 1. The van der Waals surface area contributed by atoms with Crippen LogP contribution in [0.25, 0.3) is 0 Å². The summed E-state index contributed by atoms with van der Waals surface area (Å²) in [7, 11) is 0. The largest absolute Gasteiger partial charge is 0.349 e. The minimum absolute atomic E-state index is 0.0633. The highest BCUT2D eigenvalue weighted by Gasteiger charge is 2.74. The fraction of sp³-hybridized carbons (Fsp3) is 0.154. The zero-order valence-electron chi connectivity index (χ0n) is 18.3. The van der Waals surface area contributed by atoms with Gasteiger partial charge in [-0.1, -0.05) is 36.4 Å². The van der Waals surface area contributed by atoms with Crippen molar-refractivity contribution in [1.29, 1.82) is 0 Å². The van der Waals surface area contributed by atoms with Crippen LogP contribution in [-0.4, -0.2) is 33.9 Å². The van der Waals surface area contributed by atoms with E-state index in [4.69, 9.17) is 4.74 Å². The number of halogens is 1. The molecule has 1 aliphatic carbocycles. The Hall–Kier alpha value is -4.57. The van der Waals surface area contributed by atoms with Gasteiger partial charge in [0.25, 0.3) is 5.69 Å². The third kappa shape index (κ3) is 2.73. The van der Waals surface area contributed by atoms with E-state index in [0.717, 1.165) is 29.2 Å². The molecule has 2 fully saturated rings. The molecule has 1 spiro atoms. The molecule has 2 amide bonds. The van der Waals surface area contributed by atoms with Gasteiger partial charge in [-0.15, -0.1) is 0 Å². The number of carbonyl (C=O) groups excluding carboxylic acids is 4. The van der Waals surface area contributed by atoms with Crippen LogP contribution in [0, 0.1) is 27.8 Å². The number of hydrogen-bond acceptors (Lipinski definition) is 7. The van der Waals surface area contributed by atoms with Crippen LogP contribution in [0.1, 0.15) is 32.4 Å². The second-order valence-electron chi connectivity index (χ2n) is 8.82. The Morgan fingerprint density at radius 1 is 0.833 bits per heavy atom. The number of rotatable bonds is 3. The van der Waals surface area contributed by atoms with Crippen LogP contribution in [0.2, 0.25) is 0 Å². The molecule has 178 valence electrons. The number of nitro benzene ring substituents is 1. The summed E-state index contributed by atoms with van der Waals surface area (Å²) in [6, 6.07) is 15.9. The van der Waals surface area contributed by atoms with Crippen molar-refractivity contribution in [2.75, 3.05) is 4.90 Å². The minimum Gasteiger partial charge on any atom is -0.349 e. The van der Waals surface area contributed by atoms with Crippen molar-refractivity contribution in [3.05, 3.63) is 105 Å². The lowest BCUT2D eigenvalue weighted by Gasteiger charge is -2.27. The average Bonchev–Trinajstić information content (AvgIpc) is 3.44. The lowest BCUT2D eigenvalue weighted by atomic mass is 9.77. The number of ether oxygens (including phenoxy) is 1. The minimum atomic E-state index is -2.25. The molecule has 2 saturated heterocycles. The summed E-state index contributed by atoms with van der Waals surface area (Å²) in [5.41, 5.74) is -1.92. The van der Waals surface area contributed by atoms with Crippen molar-refractivity contribution in [3.8, 4) is 0 Å². The van der Waals surface area contributed by atoms with E-state index >= 15 is 0 Å². The van der Waals surface area contributed by atoms with Crippen molar-refractivity contribution in [1.82, 2.24) is 0 Å². The van der Waals surface area contributed by atoms with Gasteiger partial charge in [0.05, 0.1) is 28.6 Å². The Labute approximate surface area is 202 Å². The van der Waals surface area contributed by atoms with E-state index in [1.807, 2.05) is 0 Å². The predicted molar refractivity (Wildman–Crippen MR) is 121 cm³/mol. The summed E-state index contributed by atoms with van der Waals surface area (Å²) < 4.78 is 19.7. The van der Waals surface area contributed by atoms with Crippen molar-refractivity contribution >= 4 is 34.8 Å². The maximum atomic E-state index is 13.8. The molecule has 3 aliphatic rings. The maximum Gasteiger partial charge on any atom is 0.269 e. The smallest absolute Gasteiger partial charge is 0.269 e. The predicted octanol–water partition coefficient (Wildman–Crippen LogP) is 3.43. The topological polar surface area (TPSA) is 124 Å².